The lowest BCUT2D eigenvalue weighted by atomic mass is 10.1. The van der Waals surface area contributed by atoms with Crippen LogP contribution in [-0.2, 0) is 11.6 Å². The molecule has 0 saturated heterocycles. The number of rotatable bonds is 3. The van der Waals surface area contributed by atoms with Gasteiger partial charge in [0.05, 0.1) is 5.69 Å². The second-order valence-electron chi connectivity index (χ2n) is 2.62. The summed E-state index contributed by atoms with van der Waals surface area (Å²) >= 11 is 7.60. The molecule has 1 heterocycles. The Morgan fingerprint density at radius 1 is 1.58 bits per heavy atom. The fourth-order valence-corrected chi connectivity index (χ4v) is 1.98. The van der Waals surface area contributed by atoms with Gasteiger partial charge in [-0.15, -0.1) is 11.6 Å². The van der Waals surface area contributed by atoms with Gasteiger partial charge in [0.2, 0.25) is 0 Å². The molecule has 0 fully saturated rings. The highest BCUT2D eigenvalue weighted by Gasteiger charge is 2.04. The molecule has 0 N–H and O–H groups in total. The highest BCUT2D eigenvalue weighted by Crippen LogP contribution is 2.17. The maximum absolute atomic E-state index is 5.82. The van der Waals surface area contributed by atoms with Crippen LogP contribution in [0, 0.1) is 6.92 Å². The molecule has 1 aromatic rings. The molecule has 66 valence electrons. The minimum absolute atomic E-state index is 0.565. The van der Waals surface area contributed by atoms with Crippen molar-refractivity contribution in [2.24, 2.45) is 0 Å². The highest BCUT2D eigenvalue weighted by molar-refractivity contribution is 7.97. The van der Waals surface area contributed by atoms with E-state index in [-0.39, 0.29) is 0 Å². The minimum Gasteiger partial charge on any atom is -0.260 e. The molecular formula is C9H12ClNS. The predicted octanol–water partition coefficient (Wildman–Crippen LogP) is 2.99. The smallest absolute Gasteiger partial charge is 0.0549 e. The lowest BCUT2D eigenvalue weighted by Gasteiger charge is -2.06. The number of thioether (sulfide) groups is 1. The van der Waals surface area contributed by atoms with E-state index in [1.807, 2.05) is 12.3 Å². The SMILES string of the molecule is CSCc1nccc(C)c1CCl. The number of halogens is 1. The first-order valence-electron chi connectivity index (χ1n) is 3.78. The van der Waals surface area contributed by atoms with Crippen LogP contribution < -0.4 is 0 Å². The van der Waals surface area contributed by atoms with Crippen LogP contribution >= 0.6 is 23.4 Å². The summed E-state index contributed by atoms with van der Waals surface area (Å²) in [6, 6.07) is 2.00. The molecule has 0 aliphatic carbocycles. The van der Waals surface area contributed by atoms with Crippen molar-refractivity contribution < 1.29 is 0 Å². The Kier molecular flexibility index (Phi) is 3.89. The summed E-state index contributed by atoms with van der Waals surface area (Å²) in [5, 5.41) is 0. The van der Waals surface area contributed by atoms with Crippen LogP contribution in [0.1, 0.15) is 16.8 Å². The maximum Gasteiger partial charge on any atom is 0.0549 e. The zero-order valence-electron chi connectivity index (χ0n) is 7.30. The molecular weight excluding hydrogens is 190 g/mol. The first kappa shape index (κ1) is 9.87. The third kappa shape index (κ3) is 2.14. The largest absolute Gasteiger partial charge is 0.260 e. The van der Waals surface area contributed by atoms with E-state index in [0.29, 0.717) is 5.88 Å². The molecule has 1 aromatic heterocycles. The summed E-state index contributed by atoms with van der Waals surface area (Å²) in [7, 11) is 0. The third-order valence-electron chi connectivity index (χ3n) is 1.79. The van der Waals surface area contributed by atoms with Gasteiger partial charge in [-0.2, -0.15) is 11.8 Å². The van der Waals surface area contributed by atoms with E-state index in [0.717, 1.165) is 11.4 Å². The van der Waals surface area contributed by atoms with Crippen LogP contribution in [0.15, 0.2) is 12.3 Å². The highest BCUT2D eigenvalue weighted by atomic mass is 35.5. The van der Waals surface area contributed by atoms with Crippen molar-refractivity contribution in [3.05, 3.63) is 29.1 Å². The summed E-state index contributed by atoms with van der Waals surface area (Å²) < 4.78 is 0. The van der Waals surface area contributed by atoms with Gasteiger partial charge < -0.3 is 0 Å². The average Bonchev–Trinajstić information content (AvgIpc) is 2.05. The van der Waals surface area contributed by atoms with Crippen molar-refractivity contribution in [3.63, 3.8) is 0 Å². The Hall–Kier alpha value is -0.210. The van der Waals surface area contributed by atoms with Crippen LogP contribution in [-0.4, -0.2) is 11.2 Å². The van der Waals surface area contributed by atoms with E-state index in [1.54, 1.807) is 11.8 Å². The monoisotopic (exact) mass is 201 g/mol. The van der Waals surface area contributed by atoms with Gasteiger partial charge in [-0.05, 0) is 30.4 Å². The second kappa shape index (κ2) is 4.73. The Morgan fingerprint density at radius 2 is 2.33 bits per heavy atom. The number of pyridine rings is 1. The first-order chi connectivity index (χ1) is 5.79. The third-order valence-corrected chi connectivity index (χ3v) is 2.62. The van der Waals surface area contributed by atoms with Crippen LogP contribution in [0.25, 0.3) is 0 Å². The van der Waals surface area contributed by atoms with Gasteiger partial charge in [0.15, 0.2) is 0 Å². The molecule has 1 nitrogen and oxygen atoms in total. The molecule has 0 unspecified atom stereocenters. The van der Waals surface area contributed by atoms with Gasteiger partial charge in [0.1, 0.15) is 0 Å². The molecule has 1 rings (SSSR count). The van der Waals surface area contributed by atoms with Crippen LogP contribution in [0.4, 0.5) is 0 Å². The molecule has 0 radical (unpaired) electrons. The zero-order valence-corrected chi connectivity index (χ0v) is 8.87. The first-order valence-corrected chi connectivity index (χ1v) is 5.70. The van der Waals surface area contributed by atoms with Crippen molar-refractivity contribution in [3.8, 4) is 0 Å². The summed E-state index contributed by atoms with van der Waals surface area (Å²) in [5.74, 6) is 1.51. The van der Waals surface area contributed by atoms with E-state index >= 15 is 0 Å². The minimum atomic E-state index is 0.565. The van der Waals surface area contributed by atoms with Gasteiger partial charge >= 0.3 is 0 Å². The number of aromatic nitrogens is 1. The average molecular weight is 202 g/mol. The Morgan fingerprint density at radius 3 is 2.92 bits per heavy atom. The maximum atomic E-state index is 5.82. The van der Waals surface area contributed by atoms with Gasteiger partial charge in [-0.1, -0.05) is 0 Å². The number of hydrogen-bond acceptors (Lipinski definition) is 2. The standard InChI is InChI=1S/C9H12ClNS/c1-7-3-4-11-9(6-12-2)8(7)5-10/h3-4H,5-6H2,1-2H3. The summed E-state index contributed by atoms with van der Waals surface area (Å²) in [6.45, 7) is 2.07. The van der Waals surface area contributed by atoms with Crippen molar-refractivity contribution in [2.75, 3.05) is 6.26 Å². The Labute approximate surface area is 82.5 Å². The van der Waals surface area contributed by atoms with Crippen LogP contribution in [0.3, 0.4) is 0 Å². The van der Waals surface area contributed by atoms with E-state index in [1.165, 1.54) is 11.1 Å². The molecule has 0 saturated carbocycles. The molecule has 0 atom stereocenters. The van der Waals surface area contributed by atoms with Gasteiger partial charge in [-0.3, -0.25) is 4.98 Å². The number of hydrogen-bond donors (Lipinski definition) is 0. The molecule has 0 amide bonds. The number of aryl methyl sites for hydroxylation is 1. The Bertz CT molecular complexity index is 263. The topological polar surface area (TPSA) is 12.9 Å². The fourth-order valence-electron chi connectivity index (χ4n) is 1.09. The van der Waals surface area contributed by atoms with Gasteiger partial charge in [0.25, 0.3) is 0 Å². The lowest BCUT2D eigenvalue weighted by molar-refractivity contribution is 1.09. The van der Waals surface area contributed by atoms with Gasteiger partial charge in [0, 0.05) is 17.8 Å². The molecule has 0 aliphatic heterocycles. The van der Waals surface area contributed by atoms with Crippen molar-refractivity contribution in [1.29, 1.82) is 0 Å². The van der Waals surface area contributed by atoms with Crippen molar-refractivity contribution in [2.45, 2.75) is 18.6 Å². The lowest BCUT2D eigenvalue weighted by Crippen LogP contribution is -1.96. The van der Waals surface area contributed by atoms with E-state index in [2.05, 4.69) is 18.2 Å². The van der Waals surface area contributed by atoms with Crippen LogP contribution in [0.5, 0.6) is 0 Å². The Balaban J connectivity index is 3.00. The van der Waals surface area contributed by atoms with Crippen molar-refractivity contribution >= 4 is 23.4 Å². The quantitative estimate of drug-likeness (QED) is 0.698. The molecule has 12 heavy (non-hydrogen) atoms. The zero-order chi connectivity index (χ0) is 8.97. The molecule has 0 aliphatic rings. The molecule has 0 bridgehead atoms. The summed E-state index contributed by atoms with van der Waals surface area (Å²) in [4.78, 5) is 4.29. The normalized spacial score (nSPS) is 10.2. The van der Waals surface area contributed by atoms with Crippen molar-refractivity contribution in [1.82, 2.24) is 4.98 Å². The van der Waals surface area contributed by atoms with Crippen LogP contribution in [0.2, 0.25) is 0 Å². The summed E-state index contributed by atoms with van der Waals surface area (Å²) in [5.41, 5.74) is 3.55. The van der Waals surface area contributed by atoms with Gasteiger partial charge in [-0.25, -0.2) is 0 Å². The molecule has 3 heteroatoms. The predicted molar refractivity (Wildman–Crippen MR) is 55.8 cm³/mol. The molecule has 0 spiro atoms. The second-order valence-corrected chi connectivity index (χ2v) is 3.75. The number of alkyl halides is 1. The van der Waals surface area contributed by atoms with E-state index in [9.17, 15) is 0 Å². The van der Waals surface area contributed by atoms with E-state index in [4.69, 9.17) is 11.6 Å². The number of nitrogens with zero attached hydrogens (tertiary/aromatic N) is 1. The fraction of sp³-hybridized carbons (Fsp3) is 0.444. The summed E-state index contributed by atoms with van der Waals surface area (Å²) in [6.07, 6.45) is 3.92. The molecule has 0 aromatic carbocycles. The van der Waals surface area contributed by atoms with E-state index < -0.39 is 0 Å².